The van der Waals surface area contributed by atoms with Crippen LogP contribution in [0, 0.1) is 0 Å². The maximum atomic E-state index is 11.2. The number of anilines is 2. The summed E-state index contributed by atoms with van der Waals surface area (Å²) in [5, 5.41) is 6.18. The highest BCUT2D eigenvalue weighted by Gasteiger charge is 2.22. The molecule has 0 saturated heterocycles. The van der Waals surface area contributed by atoms with E-state index in [0.29, 0.717) is 29.5 Å². The summed E-state index contributed by atoms with van der Waals surface area (Å²) in [5.74, 6) is 0.426. The molecule has 1 heterocycles. The van der Waals surface area contributed by atoms with Gasteiger partial charge in [-0.2, -0.15) is 4.98 Å². The van der Waals surface area contributed by atoms with Crippen molar-refractivity contribution in [2.75, 3.05) is 24.3 Å². The Morgan fingerprint density at radius 1 is 1.43 bits per heavy atom. The molecule has 116 valence electrons. The number of hydrogen-bond donors (Lipinski definition) is 3. The van der Waals surface area contributed by atoms with Crippen LogP contribution in [0.1, 0.15) is 43.0 Å². The summed E-state index contributed by atoms with van der Waals surface area (Å²) in [6, 6.07) is 0.339. The predicted octanol–water partition coefficient (Wildman–Crippen LogP) is 1.38. The van der Waals surface area contributed by atoms with Crippen molar-refractivity contribution in [1.29, 1.82) is 0 Å². The van der Waals surface area contributed by atoms with Gasteiger partial charge in [-0.3, -0.25) is 4.79 Å². The van der Waals surface area contributed by atoms with Crippen molar-refractivity contribution in [3.63, 3.8) is 0 Å². The zero-order valence-corrected chi connectivity index (χ0v) is 12.6. The number of hydrogen-bond acceptors (Lipinski definition) is 6. The van der Waals surface area contributed by atoms with Crippen molar-refractivity contribution in [2.24, 2.45) is 5.73 Å². The molecule has 0 atom stereocenters. The second kappa shape index (κ2) is 7.21. The number of amides is 1. The van der Waals surface area contributed by atoms with E-state index in [1.54, 1.807) is 7.05 Å². The van der Waals surface area contributed by atoms with E-state index in [1.807, 2.05) is 6.92 Å². The number of carbonyl (C=O) groups excluding carboxylic acids is 1. The molecule has 7 heteroatoms. The molecule has 1 fully saturated rings. The van der Waals surface area contributed by atoms with Gasteiger partial charge >= 0.3 is 0 Å². The summed E-state index contributed by atoms with van der Waals surface area (Å²) in [5.41, 5.74) is 5.57. The molecule has 0 radical (unpaired) electrons. The van der Waals surface area contributed by atoms with Gasteiger partial charge in [0.05, 0.1) is 11.7 Å². The Balaban J connectivity index is 1.96. The van der Waals surface area contributed by atoms with Gasteiger partial charge in [-0.15, -0.1) is 0 Å². The standard InChI is InChI=1S/C14H23N5O2/c1-3-21-10-6-4-9(5-7-10)18-14-17-8-11(12(15)20)13(16-2)19-14/h8-10H,3-7H2,1-2H3,(H2,15,20)(H2,16,17,18,19)/t9-,10-. The molecule has 1 saturated carbocycles. The van der Waals surface area contributed by atoms with Gasteiger partial charge in [0.2, 0.25) is 5.95 Å². The van der Waals surface area contributed by atoms with Crippen LogP contribution in [0.5, 0.6) is 0 Å². The van der Waals surface area contributed by atoms with Gasteiger partial charge in [-0.1, -0.05) is 0 Å². The predicted molar refractivity (Wildman–Crippen MR) is 81.4 cm³/mol. The molecule has 1 aliphatic rings. The van der Waals surface area contributed by atoms with E-state index in [-0.39, 0.29) is 0 Å². The molecule has 0 unspecified atom stereocenters. The molecule has 1 amide bonds. The third-order valence-electron chi connectivity index (χ3n) is 3.70. The number of ether oxygens (including phenoxy) is 1. The first-order valence-corrected chi connectivity index (χ1v) is 7.36. The zero-order chi connectivity index (χ0) is 15.2. The van der Waals surface area contributed by atoms with Crippen molar-refractivity contribution < 1.29 is 9.53 Å². The Bertz CT molecular complexity index is 486. The smallest absolute Gasteiger partial charge is 0.254 e. The van der Waals surface area contributed by atoms with Gasteiger partial charge in [-0.05, 0) is 32.6 Å². The fourth-order valence-electron chi connectivity index (χ4n) is 2.61. The van der Waals surface area contributed by atoms with Gasteiger partial charge in [0, 0.05) is 25.9 Å². The van der Waals surface area contributed by atoms with E-state index < -0.39 is 5.91 Å². The molecular formula is C14H23N5O2. The Kier molecular flexibility index (Phi) is 5.32. The minimum absolute atomic E-state index is 0.295. The molecular weight excluding hydrogens is 270 g/mol. The number of carbonyl (C=O) groups is 1. The van der Waals surface area contributed by atoms with Crippen molar-refractivity contribution in [3.05, 3.63) is 11.8 Å². The molecule has 1 aromatic rings. The van der Waals surface area contributed by atoms with Crippen LogP contribution in [-0.2, 0) is 4.74 Å². The van der Waals surface area contributed by atoms with Crippen LogP contribution in [0.4, 0.5) is 11.8 Å². The Morgan fingerprint density at radius 2 is 2.14 bits per heavy atom. The summed E-state index contributed by atoms with van der Waals surface area (Å²) in [6.07, 6.45) is 5.98. The van der Waals surface area contributed by atoms with Crippen LogP contribution < -0.4 is 16.4 Å². The largest absolute Gasteiger partial charge is 0.379 e. The summed E-state index contributed by atoms with van der Waals surface area (Å²) in [6.45, 7) is 2.80. The lowest BCUT2D eigenvalue weighted by atomic mass is 9.93. The van der Waals surface area contributed by atoms with Crippen molar-refractivity contribution in [2.45, 2.75) is 44.8 Å². The third-order valence-corrected chi connectivity index (χ3v) is 3.70. The van der Waals surface area contributed by atoms with Gasteiger partial charge in [-0.25, -0.2) is 4.98 Å². The van der Waals surface area contributed by atoms with Crippen molar-refractivity contribution >= 4 is 17.7 Å². The summed E-state index contributed by atoms with van der Waals surface area (Å²) >= 11 is 0. The summed E-state index contributed by atoms with van der Waals surface area (Å²) in [4.78, 5) is 19.7. The Hall–Kier alpha value is -1.89. The van der Waals surface area contributed by atoms with E-state index in [2.05, 4.69) is 20.6 Å². The van der Waals surface area contributed by atoms with E-state index in [9.17, 15) is 4.79 Å². The fourth-order valence-corrected chi connectivity index (χ4v) is 2.61. The highest BCUT2D eigenvalue weighted by atomic mass is 16.5. The van der Waals surface area contributed by atoms with Crippen LogP contribution in [0.3, 0.4) is 0 Å². The number of nitrogens with zero attached hydrogens (tertiary/aromatic N) is 2. The molecule has 0 aliphatic heterocycles. The number of aromatic nitrogens is 2. The lowest BCUT2D eigenvalue weighted by Crippen LogP contribution is -2.30. The molecule has 7 nitrogen and oxygen atoms in total. The highest BCUT2D eigenvalue weighted by Crippen LogP contribution is 2.23. The lowest BCUT2D eigenvalue weighted by molar-refractivity contribution is 0.0346. The van der Waals surface area contributed by atoms with Crippen LogP contribution in [-0.4, -0.2) is 41.7 Å². The summed E-state index contributed by atoms with van der Waals surface area (Å²) < 4.78 is 5.64. The second-order valence-corrected chi connectivity index (χ2v) is 5.14. The average Bonchev–Trinajstić information content (AvgIpc) is 2.49. The fraction of sp³-hybridized carbons (Fsp3) is 0.643. The van der Waals surface area contributed by atoms with Gasteiger partial charge in [0.15, 0.2) is 0 Å². The van der Waals surface area contributed by atoms with Gasteiger partial charge in [0.25, 0.3) is 5.91 Å². The number of primary amides is 1. The molecule has 4 N–H and O–H groups in total. The minimum Gasteiger partial charge on any atom is -0.379 e. The molecule has 2 rings (SSSR count). The van der Waals surface area contributed by atoms with Gasteiger partial charge < -0.3 is 21.1 Å². The maximum Gasteiger partial charge on any atom is 0.254 e. The zero-order valence-electron chi connectivity index (χ0n) is 12.6. The van der Waals surface area contributed by atoms with Gasteiger partial charge in [0.1, 0.15) is 5.82 Å². The van der Waals surface area contributed by atoms with Crippen molar-refractivity contribution in [1.82, 2.24) is 9.97 Å². The number of rotatable bonds is 6. The molecule has 0 aromatic carbocycles. The first-order valence-electron chi connectivity index (χ1n) is 7.36. The lowest BCUT2D eigenvalue weighted by Gasteiger charge is -2.28. The average molecular weight is 293 g/mol. The Labute approximate surface area is 124 Å². The quantitative estimate of drug-likeness (QED) is 0.732. The highest BCUT2D eigenvalue weighted by molar-refractivity contribution is 5.97. The Morgan fingerprint density at radius 3 is 2.71 bits per heavy atom. The molecule has 21 heavy (non-hydrogen) atoms. The maximum absolute atomic E-state index is 11.2. The third kappa shape index (κ3) is 4.04. The van der Waals surface area contributed by atoms with Crippen LogP contribution in [0.15, 0.2) is 6.20 Å². The molecule has 1 aliphatic carbocycles. The van der Waals surface area contributed by atoms with E-state index in [1.165, 1.54) is 6.20 Å². The molecule has 0 bridgehead atoms. The molecule has 1 aromatic heterocycles. The van der Waals surface area contributed by atoms with E-state index in [0.717, 1.165) is 32.3 Å². The first kappa shape index (κ1) is 15.5. The SMILES string of the molecule is CCO[C@H]1CC[C@H](Nc2ncc(C(N)=O)c(NC)n2)CC1. The van der Waals surface area contributed by atoms with E-state index >= 15 is 0 Å². The van der Waals surface area contributed by atoms with Crippen molar-refractivity contribution in [3.8, 4) is 0 Å². The number of nitrogens with one attached hydrogen (secondary N) is 2. The van der Waals surface area contributed by atoms with Crippen LogP contribution in [0.25, 0.3) is 0 Å². The van der Waals surface area contributed by atoms with Crippen LogP contribution >= 0.6 is 0 Å². The number of nitrogens with two attached hydrogens (primary N) is 1. The summed E-state index contributed by atoms with van der Waals surface area (Å²) in [7, 11) is 1.70. The minimum atomic E-state index is -0.539. The normalized spacial score (nSPS) is 21.8. The molecule has 0 spiro atoms. The monoisotopic (exact) mass is 293 g/mol. The topological polar surface area (TPSA) is 102 Å². The second-order valence-electron chi connectivity index (χ2n) is 5.14. The first-order chi connectivity index (χ1) is 10.1. The van der Waals surface area contributed by atoms with E-state index in [4.69, 9.17) is 10.5 Å². The van der Waals surface area contributed by atoms with Crippen LogP contribution in [0.2, 0.25) is 0 Å².